The van der Waals surface area contributed by atoms with Crippen molar-refractivity contribution >= 4 is 229 Å². The molecule has 8 aromatic carbocycles. The number of phenolic OH excluding ortho intramolecular Hbond substituents is 1. The molecular weight excluding hydrogens is 1850 g/mol. The van der Waals surface area contributed by atoms with Gasteiger partial charge >= 0.3 is 24.3 Å². The van der Waals surface area contributed by atoms with Crippen molar-refractivity contribution in [2.45, 2.75) is 24.6 Å². The molecule has 0 aliphatic carbocycles. The molecule has 10 rings (SSSR count). The van der Waals surface area contributed by atoms with E-state index in [2.05, 4.69) is 184 Å². The average Bonchev–Trinajstić information content (AvgIpc) is 2.29. The molecule has 10 aromatic rings. The lowest BCUT2D eigenvalue weighted by Crippen LogP contribution is -2.39. The Labute approximate surface area is 558 Å². The molecule has 0 aliphatic rings. The molecule has 0 radical (unpaired) electrons. The fraction of sp³-hybridized carbons (Fsp3) is 0.107. The van der Waals surface area contributed by atoms with Crippen LogP contribution in [0, 0.1) is 21.4 Å². The highest BCUT2D eigenvalue weighted by atomic mass is 127. The summed E-state index contributed by atoms with van der Waals surface area (Å²) in [7, 11) is -10.4. The van der Waals surface area contributed by atoms with Crippen LogP contribution in [0.15, 0.2) is 176 Å². The highest BCUT2D eigenvalue weighted by Gasteiger charge is 2.45. The fourth-order valence-corrected chi connectivity index (χ4v) is 18.5. The largest absolute Gasteiger partial charge is 0.748 e. The second kappa shape index (κ2) is 28.7. The summed E-state index contributed by atoms with van der Waals surface area (Å²) in [4.78, 5) is 26.4. The molecule has 83 heavy (non-hydrogen) atoms. The standard InChI is InChI=1S/C18H12IS.C18H13S.C10H6F3I3O5S.C10H7F3I2O6S/c19-13-9-11-14(12-10-13)20-17-7-3-1-5-15(17)16-6-2-4-8-18(16)20;1-2-8-14(9-3-1)19-17-12-6-4-10-15(17)16-11-5-7-13-18(16)19;2*11-10(12,13)7(3-22(18,19)20)21-9(17)5-1-4(14)2-6(15)8(5)16/h1-12H;1-13H;1-2,7H,3H2,(H,18,19,20);1-2,7,16H,3H2,(H,18,19,20)/q2*+1;;/p-2. The van der Waals surface area contributed by atoms with Gasteiger partial charge in [-0.2, -0.15) is 26.3 Å². The number of hydrogen-bond donors (Lipinski definition) is 1. The number of carbonyl (C=O) groups excluding carboxylic acids is 2. The molecule has 2 heterocycles. The summed E-state index contributed by atoms with van der Waals surface area (Å²) >= 11 is 11.3. The van der Waals surface area contributed by atoms with Crippen molar-refractivity contribution in [1.82, 2.24) is 0 Å². The van der Waals surface area contributed by atoms with Gasteiger partial charge in [-0.1, -0.05) is 66.7 Å². The molecular formula is C56H36F6I6O11S4. The maximum Gasteiger partial charge on any atom is 0.426 e. The fourth-order valence-electron chi connectivity index (χ4n) is 7.91. The predicted octanol–water partition coefficient (Wildman–Crippen LogP) is 17.4. The zero-order chi connectivity index (χ0) is 60.8. The lowest BCUT2D eigenvalue weighted by atomic mass is 10.2. The number of hydrogen-bond acceptors (Lipinski definition) is 11. The number of thiophene rings is 2. The van der Waals surface area contributed by atoms with E-state index < -0.39 is 79.6 Å². The maximum atomic E-state index is 12.7. The van der Waals surface area contributed by atoms with Crippen LogP contribution in [0.1, 0.15) is 20.7 Å². The minimum atomic E-state index is -5.27. The molecule has 0 saturated carbocycles. The summed E-state index contributed by atoms with van der Waals surface area (Å²) < 4.78 is 157. The van der Waals surface area contributed by atoms with Gasteiger partial charge in [0.25, 0.3) is 0 Å². The van der Waals surface area contributed by atoms with E-state index >= 15 is 0 Å². The molecule has 27 heteroatoms. The number of fused-ring (bicyclic) bond motifs is 6. The number of alkyl halides is 6. The third-order valence-electron chi connectivity index (χ3n) is 11.4. The first-order chi connectivity index (χ1) is 38.9. The molecule has 1 N–H and O–H groups in total. The number of esters is 2. The number of rotatable bonds is 10. The van der Waals surface area contributed by atoms with Crippen molar-refractivity contribution in [3.8, 4) is 15.5 Å². The summed E-state index contributed by atoms with van der Waals surface area (Å²) in [5.41, 5.74) is -0.691. The summed E-state index contributed by atoms with van der Waals surface area (Å²) in [5, 5.41) is 15.2. The van der Waals surface area contributed by atoms with Crippen LogP contribution in [-0.2, 0) is 29.7 Å². The molecule has 0 amide bonds. The first kappa shape index (κ1) is 67.2. The minimum absolute atomic E-state index is 0.0478. The van der Waals surface area contributed by atoms with Crippen LogP contribution in [0.25, 0.3) is 50.1 Å². The molecule has 0 saturated heterocycles. The molecule has 0 aliphatic heterocycles. The van der Waals surface area contributed by atoms with Gasteiger partial charge in [0.05, 0.1) is 40.9 Å². The van der Waals surface area contributed by atoms with Crippen molar-refractivity contribution in [1.29, 1.82) is 0 Å². The molecule has 434 valence electrons. The normalized spacial score (nSPS) is 12.6. The smallest absolute Gasteiger partial charge is 0.426 e. The number of phenols is 1. The predicted molar refractivity (Wildman–Crippen MR) is 361 cm³/mol. The summed E-state index contributed by atoms with van der Waals surface area (Å²) in [6, 6.07) is 60.5. The monoisotopic (exact) mass is 1890 g/mol. The van der Waals surface area contributed by atoms with E-state index in [0.717, 1.165) is 6.07 Å². The molecule has 0 fully saturated rings. The van der Waals surface area contributed by atoms with Crippen LogP contribution in [0.2, 0.25) is 0 Å². The Kier molecular flexibility index (Phi) is 23.2. The zero-order valence-electron chi connectivity index (χ0n) is 41.5. The van der Waals surface area contributed by atoms with E-state index in [-0.39, 0.29) is 30.1 Å². The number of halogens is 12. The molecule has 2 aromatic heterocycles. The van der Waals surface area contributed by atoms with Crippen LogP contribution in [0.4, 0.5) is 26.3 Å². The first-order valence-electron chi connectivity index (χ1n) is 23.3. The molecule has 0 bridgehead atoms. The van der Waals surface area contributed by atoms with Gasteiger partial charge in [0.2, 0.25) is 12.2 Å². The van der Waals surface area contributed by atoms with Crippen molar-refractivity contribution in [3.05, 3.63) is 208 Å². The van der Waals surface area contributed by atoms with Gasteiger partial charge < -0.3 is 23.7 Å². The Morgan fingerprint density at radius 2 is 0.783 bits per heavy atom. The number of ether oxygens (including phenoxy) is 2. The number of benzene rings is 8. The van der Waals surface area contributed by atoms with E-state index in [4.69, 9.17) is 0 Å². The van der Waals surface area contributed by atoms with Crippen molar-refractivity contribution in [3.63, 3.8) is 0 Å². The lowest BCUT2D eigenvalue weighted by Gasteiger charge is -2.22. The van der Waals surface area contributed by atoms with Crippen LogP contribution in [0.5, 0.6) is 5.75 Å². The Hall–Kier alpha value is -3.28. The van der Waals surface area contributed by atoms with Crippen molar-refractivity contribution in [2.75, 3.05) is 11.5 Å². The Morgan fingerprint density at radius 3 is 1.16 bits per heavy atom. The van der Waals surface area contributed by atoms with E-state index in [1.54, 1.807) is 73.8 Å². The van der Waals surface area contributed by atoms with Crippen LogP contribution >= 0.6 is 156 Å². The summed E-state index contributed by atoms with van der Waals surface area (Å²) in [6.45, 7) is 0. The van der Waals surface area contributed by atoms with E-state index in [0.29, 0.717) is 14.3 Å². The molecule has 11 nitrogen and oxygen atoms in total. The van der Waals surface area contributed by atoms with Crippen LogP contribution in [-0.4, -0.2) is 79.1 Å². The second-order valence-electron chi connectivity index (χ2n) is 17.2. The Balaban J connectivity index is 0.000000159. The molecule has 2 unspecified atom stereocenters. The number of aromatic hydroxyl groups is 1. The van der Waals surface area contributed by atoms with Gasteiger partial charge in [-0.05, 0) is 245 Å². The Morgan fingerprint density at radius 1 is 0.458 bits per heavy atom. The molecule has 2 atom stereocenters. The SMILES string of the molecule is Ic1ccc(-[s+]2c3ccccc3c3ccccc32)cc1.O=C(OC(CS(=O)(=O)[O-])C(F)(F)F)c1cc(I)cc(I)c1I.O=C(OC(CS(=O)(=O)[O-])C(F)(F)F)c1cc(I)cc(I)c1O.c1ccc(-[s+]2c3ccccc3c3ccccc32)cc1. The zero-order valence-corrected chi connectivity index (χ0v) is 57.7. The van der Waals surface area contributed by atoms with Crippen LogP contribution < -0.4 is 0 Å². The Bertz CT molecular complexity index is 4020. The highest BCUT2D eigenvalue weighted by molar-refractivity contribution is 14.1. The van der Waals surface area contributed by atoms with E-state index in [1.807, 2.05) is 45.2 Å². The van der Waals surface area contributed by atoms with Gasteiger partial charge in [-0.15, -0.1) is 0 Å². The topological polar surface area (TPSA) is 187 Å². The third kappa shape index (κ3) is 17.9. The lowest BCUT2D eigenvalue weighted by molar-refractivity contribution is -0.197. The third-order valence-corrected chi connectivity index (χ3v) is 23.4. The van der Waals surface area contributed by atoms with Crippen molar-refractivity contribution < 1.29 is 76.5 Å². The minimum Gasteiger partial charge on any atom is -0.748 e. The average molecular weight is 1890 g/mol. The van der Waals surface area contributed by atoms with E-state index in [1.165, 1.54) is 65.8 Å². The van der Waals surface area contributed by atoms with Crippen LogP contribution in [0.3, 0.4) is 0 Å². The van der Waals surface area contributed by atoms with Gasteiger partial charge in [-0.25, -0.2) is 26.4 Å². The number of carbonyl (C=O) groups is 2. The first-order valence-corrected chi connectivity index (χ1v) is 35.4. The van der Waals surface area contributed by atoms with Gasteiger partial charge in [0.15, 0.2) is 28.6 Å². The molecule has 0 spiro atoms. The van der Waals surface area contributed by atoms with Gasteiger partial charge in [0, 0.05) is 60.3 Å². The maximum absolute atomic E-state index is 12.7. The van der Waals surface area contributed by atoms with Gasteiger partial charge in [0.1, 0.15) is 11.3 Å². The second-order valence-corrected chi connectivity index (χ2v) is 31.2. The van der Waals surface area contributed by atoms with Gasteiger partial charge in [-0.3, -0.25) is 0 Å². The highest BCUT2D eigenvalue weighted by Crippen LogP contribution is 2.49. The van der Waals surface area contributed by atoms with E-state index in [9.17, 15) is 67.0 Å². The summed E-state index contributed by atoms with van der Waals surface area (Å²) in [6.07, 6.45) is -16.5. The quantitative estimate of drug-likeness (QED) is 0.0343. The summed E-state index contributed by atoms with van der Waals surface area (Å²) in [5.74, 6) is -7.33. The van der Waals surface area contributed by atoms with Crippen molar-refractivity contribution in [2.24, 2.45) is 0 Å².